The van der Waals surface area contributed by atoms with Gasteiger partial charge in [-0.05, 0) is 35.4 Å². The molecule has 0 fully saturated rings. The summed E-state index contributed by atoms with van der Waals surface area (Å²) in [5.74, 6) is -0.00119. The van der Waals surface area contributed by atoms with Crippen LogP contribution in [0.1, 0.15) is 11.1 Å². The summed E-state index contributed by atoms with van der Waals surface area (Å²) in [4.78, 5) is 0. The first-order chi connectivity index (χ1) is 9.10. The predicted octanol–water partition coefficient (Wildman–Crippen LogP) is 4.20. The molecule has 0 spiro atoms. The molecule has 0 bridgehead atoms. The number of aliphatic hydroxyl groups excluding tert-OH is 1. The summed E-state index contributed by atoms with van der Waals surface area (Å²) in [5.41, 5.74) is 1.36. The summed E-state index contributed by atoms with van der Waals surface area (Å²) >= 11 is 11.6. The molecular weight excluding hydrogens is 290 g/mol. The molecule has 0 unspecified atom stereocenters. The largest absolute Gasteiger partial charge is 0.487 e. The van der Waals surface area contributed by atoms with Crippen LogP contribution in [0.4, 0.5) is 4.39 Å². The van der Waals surface area contributed by atoms with Gasteiger partial charge in [0.1, 0.15) is 18.2 Å². The Morgan fingerprint density at radius 1 is 1.00 bits per heavy atom. The molecule has 2 nitrogen and oxygen atoms in total. The van der Waals surface area contributed by atoms with Gasteiger partial charge in [-0.1, -0.05) is 35.3 Å². The van der Waals surface area contributed by atoms with Gasteiger partial charge in [0.15, 0.2) is 0 Å². The summed E-state index contributed by atoms with van der Waals surface area (Å²) in [6, 6.07) is 9.48. The van der Waals surface area contributed by atoms with Crippen LogP contribution in [0.15, 0.2) is 36.4 Å². The summed E-state index contributed by atoms with van der Waals surface area (Å²) in [6.45, 7) is 0.106. The van der Waals surface area contributed by atoms with Crippen molar-refractivity contribution in [2.45, 2.75) is 13.2 Å². The van der Waals surface area contributed by atoms with Crippen LogP contribution in [0.25, 0.3) is 0 Å². The van der Waals surface area contributed by atoms with Crippen molar-refractivity contribution in [3.63, 3.8) is 0 Å². The summed E-state index contributed by atoms with van der Waals surface area (Å²) in [5, 5.41) is 9.45. The van der Waals surface area contributed by atoms with Crippen molar-refractivity contribution in [3.05, 3.63) is 63.4 Å². The van der Waals surface area contributed by atoms with Gasteiger partial charge in [-0.15, -0.1) is 0 Å². The number of halogens is 3. The molecule has 0 aromatic heterocycles. The van der Waals surface area contributed by atoms with E-state index in [-0.39, 0.29) is 18.2 Å². The highest BCUT2D eigenvalue weighted by Crippen LogP contribution is 2.26. The fourth-order valence-corrected chi connectivity index (χ4v) is 1.93. The molecule has 0 amide bonds. The Bertz CT molecular complexity index is 588. The van der Waals surface area contributed by atoms with E-state index in [4.69, 9.17) is 33.0 Å². The van der Waals surface area contributed by atoms with E-state index in [1.165, 1.54) is 12.1 Å². The number of rotatable bonds is 4. The standard InChI is InChI=1S/C14H11Cl2FO2/c15-11-3-1-10(6-13(11)17)8-19-14-4-2-9(7-18)5-12(14)16/h1-6,18H,7-8H2. The maximum Gasteiger partial charge on any atom is 0.142 e. The molecule has 100 valence electrons. The Morgan fingerprint density at radius 3 is 2.37 bits per heavy atom. The van der Waals surface area contributed by atoms with E-state index in [0.29, 0.717) is 21.9 Å². The molecule has 19 heavy (non-hydrogen) atoms. The number of ether oxygens (including phenoxy) is 1. The van der Waals surface area contributed by atoms with E-state index in [9.17, 15) is 4.39 Å². The molecule has 1 N–H and O–H groups in total. The van der Waals surface area contributed by atoms with Gasteiger partial charge < -0.3 is 9.84 Å². The fourth-order valence-electron chi connectivity index (χ4n) is 1.55. The molecule has 0 aliphatic rings. The molecule has 2 aromatic rings. The summed E-state index contributed by atoms with van der Waals surface area (Å²) in [7, 11) is 0. The van der Waals surface area contributed by atoms with Crippen molar-refractivity contribution < 1.29 is 14.2 Å². The van der Waals surface area contributed by atoms with Gasteiger partial charge >= 0.3 is 0 Å². The first kappa shape index (κ1) is 14.1. The van der Waals surface area contributed by atoms with Gasteiger partial charge in [-0.3, -0.25) is 0 Å². The maximum absolute atomic E-state index is 13.2. The first-order valence-corrected chi connectivity index (χ1v) is 6.32. The summed E-state index contributed by atoms with van der Waals surface area (Å²) in [6.07, 6.45) is 0. The molecule has 0 aliphatic heterocycles. The minimum atomic E-state index is -0.482. The van der Waals surface area contributed by atoms with Crippen molar-refractivity contribution in [2.75, 3.05) is 0 Å². The molecule has 0 saturated carbocycles. The molecule has 2 rings (SSSR count). The zero-order valence-electron chi connectivity index (χ0n) is 9.87. The zero-order chi connectivity index (χ0) is 13.8. The third-order valence-electron chi connectivity index (χ3n) is 2.56. The molecule has 2 aromatic carbocycles. The smallest absolute Gasteiger partial charge is 0.142 e. The summed E-state index contributed by atoms with van der Waals surface area (Å²) < 4.78 is 18.7. The van der Waals surface area contributed by atoms with Crippen molar-refractivity contribution >= 4 is 23.2 Å². The maximum atomic E-state index is 13.2. The van der Waals surface area contributed by atoms with Crippen LogP contribution < -0.4 is 4.74 Å². The van der Waals surface area contributed by atoms with Gasteiger partial charge in [0.25, 0.3) is 0 Å². The highest BCUT2D eigenvalue weighted by molar-refractivity contribution is 6.32. The van der Waals surface area contributed by atoms with Crippen LogP contribution >= 0.6 is 23.2 Å². The van der Waals surface area contributed by atoms with E-state index in [1.807, 2.05) is 0 Å². The fraction of sp³-hybridized carbons (Fsp3) is 0.143. The van der Waals surface area contributed by atoms with Crippen LogP contribution in [0.5, 0.6) is 5.75 Å². The van der Waals surface area contributed by atoms with E-state index in [0.717, 1.165) is 0 Å². The van der Waals surface area contributed by atoms with Crippen LogP contribution in [0, 0.1) is 5.82 Å². The first-order valence-electron chi connectivity index (χ1n) is 5.56. The highest BCUT2D eigenvalue weighted by atomic mass is 35.5. The zero-order valence-corrected chi connectivity index (χ0v) is 11.4. The second-order valence-electron chi connectivity index (χ2n) is 3.96. The third-order valence-corrected chi connectivity index (χ3v) is 3.16. The lowest BCUT2D eigenvalue weighted by molar-refractivity contribution is 0.280. The average Bonchev–Trinajstić information content (AvgIpc) is 2.41. The monoisotopic (exact) mass is 300 g/mol. The number of aliphatic hydroxyl groups is 1. The topological polar surface area (TPSA) is 29.5 Å². The quantitative estimate of drug-likeness (QED) is 0.917. The van der Waals surface area contributed by atoms with Crippen LogP contribution in [0.3, 0.4) is 0 Å². The van der Waals surface area contributed by atoms with Crippen LogP contribution in [-0.4, -0.2) is 5.11 Å². The van der Waals surface area contributed by atoms with E-state index >= 15 is 0 Å². The molecule has 0 radical (unpaired) electrons. The van der Waals surface area contributed by atoms with Gasteiger partial charge in [0, 0.05) is 0 Å². The third kappa shape index (κ3) is 3.60. The van der Waals surface area contributed by atoms with Gasteiger partial charge in [0.2, 0.25) is 0 Å². The van der Waals surface area contributed by atoms with Crippen molar-refractivity contribution in [3.8, 4) is 5.75 Å². The van der Waals surface area contributed by atoms with E-state index < -0.39 is 5.82 Å². The lowest BCUT2D eigenvalue weighted by Gasteiger charge is -2.09. The molecular formula is C14H11Cl2FO2. The van der Waals surface area contributed by atoms with Crippen molar-refractivity contribution in [2.24, 2.45) is 0 Å². The highest BCUT2D eigenvalue weighted by Gasteiger charge is 2.05. The Kier molecular flexibility index (Phi) is 4.64. The molecule has 5 heteroatoms. The lowest BCUT2D eigenvalue weighted by atomic mass is 10.2. The SMILES string of the molecule is OCc1ccc(OCc2ccc(Cl)c(F)c2)c(Cl)c1. The Labute approximate surface area is 120 Å². The van der Waals surface area contributed by atoms with Crippen molar-refractivity contribution in [1.82, 2.24) is 0 Å². The minimum Gasteiger partial charge on any atom is -0.487 e. The molecule has 0 heterocycles. The van der Waals surface area contributed by atoms with E-state index in [2.05, 4.69) is 0 Å². The van der Waals surface area contributed by atoms with Crippen LogP contribution in [-0.2, 0) is 13.2 Å². The lowest BCUT2D eigenvalue weighted by Crippen LogP contribution is -1.97. The normalized spacial score (nSPS) is 10.5. The van der Waals surface area contributed by atoms with E-state index in [1.54, 1.807) is 24.3 Å². The van der Waals surface area contributed by atoms with Gasteiger partial charge in [-0.2, -0.15) is 0 Å². The Morgan fingerprint density at radius 2 is 1.74 bits per heavy atom. The van der Waals surface area contributed by atoms with Gasteiger partial charge in [-0.25, -0.2) is 4.39 Å². The Hall–Kier alpha value is -1.29. The number of hydrogen-bond donors (Lipinski definition) is 1. The second-order valence-corrected chi connectivity index (χ2v) is 4.77. The van der Waals surface area contributed by atoms with Gasteiger partial charge in [0.05, 0.1) is 16.7 Å². The number of benzene rings is 2. The predicted molar refractivity (Wildman–Crippen MR) is 73.1 cm³/mol. The average molecular weight is 301 g/mol. The van der Waals surface area contributed by atoms with Crippen molar-refractivity contribution in [1.29, 1.82) is 0 Å². The molecule has 0 aliphatic carbocycles. The molecule has 0 atom stereocenters. The minimum absolute atomic E-state index is 0.0779. The second kappa shape index (κ2) is 6.24. The molecule has 0 saturated heterocycles. The number of hydrogen-bond acceptors (Lipinski definition) is 2. The Balaban J connectivity index is 2.07. The van der Waals surface area contributed by atoms with Crippen LogP contribution in [0.2, 0.25) is 10.0 Å².